The summed E-state index contributed by atoms with van der Waals surface area (Å²) in [5, 5.41) is 16.0. The van der Waals surface area contributed by atoms with E-state index >= 15 is 0 Å². The minimum atomic E-state index is -3.77. The second kappa shape index (κ2) is 11.6. The quantitative estimate of drug-likeness (QED) is 0.269. The van der Waals surface area contributed by atoms with Gasteiger partial charge in [-0.2, -0.15) is 0 Å². The van der Waals surface area contributed by atoms with Crippen molar-refractivity contribution in [1.82, 2.24) is 15.2 Å². The van der Waals surface area contributed by atoms with Crippen LogP contribution in [0, 0.1) is 0 Å². The van der Waals surface area contributed by atoms with Crippen molar-refractivity contribution in [1.29, 1.82) is 0 Å². The standard InChI is InChI=1S/C24H30N6O4S/c1-30(2)24(32)28-19-8-10-21(11-9-19)35(33,34)29-20-6-3-17(4-7-20)13-14-26-16-22(31)18-5-12-23(25)27-15-18/h3-12,15,22,26,29,31H,13-14,16H2,1-2H3,(H2,25,27)(H,28,32). The van der Waals surface area contributed by atoms with E-state index in [2.05, 4.69) is 20.3 Å². The van der Waals surface area contributed by atoms with Crippen molar-refractivity contribution >= 4 is 33.2 Å². The topological polar surface area (TPSA) is 150 Å². The Balaban J connectivity index is 1.48. The third kappa shape index (κ3) is 7.67. The fraction of sp³-hybridized carbons (Fsp3) is 0.250. The lowest BCUT2D eigenvalue weighted by molar-refractivity contribution is 0.175. The minimum Gasteiger partial charge on any atom is -0.387 e. The highest BCUT2D eigenvalue weighted by atomic mass is 32.2. The summed E-state index contributed by atoms with van der Waals surface area (Å²) < 4.78 is 27.9. The van der Waals surface area contributed by atoms with Crippen LogP contribution in [-0.2, 0) is 16.4 Å². The molecule has 2 aromatic carbocycles. The maximum Gasteiger partial charge on any atom is 0.321 e. The van der Waals surface area contributed by atoms with E-state index in [1.807, 2.05) is 12.1 Å². The summed E-state index contributed by atoms with van der Waals surface area (Å²) in [6.07, 6.45) is 1.58. The van der Waals surface area contributed by atoms with Gasteiger partial charge < -0.3 is 26.4 Å². The molecule has 0 spiro atoms. The van der Waals surface area contributed by atoms with E-state index in [-0.39, 0.29) is 10.9 Å². The largest absolute Gasteiger partial charge is 0.387 e. The second-order valence-electron chi connectivity index (χ2n) is 8.14. The number of nitrogens with one attached hydrogen (secondary N) is 3. The number of aliphatic hydroxyl groups excluding tert-OH is 1. The predicted molar refractivity (Wildman–Crippen MR) is 137 cm³/mol. The average molecular weight is 499 g/mol. The van der Waals surface area contributed by atoms with Gasteiger partial charge in [0.05, 0.1) is 11.0 Å². The van der Waals surface area contributed by atoms with Crippen molar-refractivity contribution in [2.75, 3.05) is 43.0 Å². The third-order valence-electron chi connectivity index (χ3n) is 5.15. The Morgan fingerprint density at radius 1 is 1.03 bits per heavy atom. The molecule has 0 saturated heterocycles. The minimum absolute atomic E-state index is 0.0866. The number of hydrogen-bond donors (Lipinski definition) is 5. The van der Waals surface area contributed by atoms with Gasteiger partial charge in [0.1, 0.15) is 5.82 Å². The summed E-state index contributed by atoms with van der Waals surface area (Å²) in [5.41, 5.74) is 8.21. The van der Waals surface area contributed by atoms with Gasteiger partial charge in [0.15, 0.2) is 0 Å². The van der Waals surface area contributed by atoms with Crippen molar-refractivity contribution in [3.8, 4) is 0 Å². The van der Waals surface area contributed by atoms with Crippen LogP contribution in [0.25, 0.3) is 0 Å². The molecule has 11 heteroatoms. The predicted octanol–water partition coefficient (Wildman–Crippen LogP) is 2.42. The Hall–Kier alpha value is -3.67. The lowest BCUT2D eigenvalue weighted by atomic mass is 10.1. The first kappa shape index (κ1) is 25.9. The summed E-state index contributed by atoms with van der Waals surface area (Å²) in [5.74, 6) is 0.406. The molecule has 2 amide bonds. The summed E-state index contributed by atoms with van der Waals surface area (Å²) in [6.45, 7) is 1.02. The number of anilines is 3. The van der Waals surface area contributed by atoms with Crippen molar-refractivity contribution in [2.24, 2.45) is 0 Å². The Morgan fingerprint density at radius 3 is 2.29 bits per heavy atom. The molecule has 6 N–H and O–H groups in total. The Labute approximate surface area is 205 Å². The number of pyridine rings is 1. The van der Waals surface area contributed by atoms with Gasteiger partial charge in [0.25, 0.3) is 10.0 Å². The molecule has 10 nitrogen and oxygen atoms in total. The number of benzene rings is 2. The number of urea groups is 1. The maximum absolute atomic E-state index is 12.7. The number of hydrogen-bond acceptors (Lipinski definition) is 7. The molecule has 3 aromatic rings. The molecule has 0 aliphatic rings. The fourth-order valence-corrected chi connectivity index (χ4v) is 4.17. The smallest absolute Gasteiger partial charge is 0.321 e. The lowest BCUT2D eigenvalue weighted by Gasteiger charge is -2.13. The number of sulfonamides is 1. The fourth-order valence-electron chi connectivity index (χ4n) is 3.11. The van der Waals surface area contributed by atoms with Crippen LogP contribution in [0.15, 0.2) is 71.8 Å². The van der Waals surface area contributed by atoms with Crippen LogP contribution >= 0.6 is 0 Å². The van der Waals surface area contributed by atoms with E-state index in [0.29, 0.717) is 42.3 Å². The van der Waals surface area contributed by atoms with Crippen molar-refractivity contribution in [2.45, 2.75) is 17.4 Å². The summed E-state index contributed by atoms with van der Waals surface area (Å²) in [4.78, 5) is 17.2. The molecule has 3 rings (SSSR count). The van der Waals surface area contributed by atoms with Crippen molar-refractivity contribution in [3.63, 3.8) is 0 Å². The molecule has 0 radical (unpaired) electrons. The Bertz CT molecular complexity index is 1210. The average Bonchev–Trinajstić information content (AvgIpc) is 2.83. The van der Waals surface area contributed by atoms with E-state index in [1.54, 1.807) is 44.6 Å². The molecule has 0 bridgehead atoms. The van der Waals surface area contributed by atoms with Crippen LogP contribution < -0.4 is 21.1 Å². The number of carbonyl (C=O) groups excluding carboxylic acids is 1. The zero-order valence-electron chi connectivity index (χ0n) is 19.6. The van der Waals surface area contributed by atoms with Crippen LogP contribution in [0.1, 0.15) is 17.2 Å². The molecule has 0 fully saturated rings. The molecular weight excluding hydrogens is 468 g/mol. The van der Waals surface area contributed by atoms with Crippen LogP contribution in [0.5, 0.6) is 0 Å². The van der Waals surface area contributed by atoms with Gasteiger partial charge in [-0.25, -0.2) is 18.2 Å². The van der Waals surface area contributed by atoms with Crippen molar-refractivity contribution < 1.29 is 18.3 Å². The van der Waals surface area contributed by atoms with E-state index in [0.717, 1.165) is 5.56 Å². The van der Waals surface area contributed by atoms with Crippen LogP contribution in [0.4, 0.5) is 22.0 Å². The van der Waals surface area contributed by atoms with Gasteiger partial charge in [-0.05, 0) is 61.0 Å². The first-order valence-corrected chi connectivity index (χ1v) is 12.4. The maximum atomic E-state index is 12.7. The number of aromatic nitrogens is 1. The molecule has 186 valence electrons. The van der Waals surface area contributed by atoms with Gasteiger partial charge in [-0.1, -0.05) is 18.2 Å². The number of aliphatic hydroxyl groups is 1. The van der Waals surface area contributed by atoms with E-state index < -0.39 is 16.1 Å². The molecule has 1 atom stereocenters. The summed E-state index contributed by atoms with van der Waals surface area (Å²) >= 11 is 0. The molecule has 0 saturated carbocycles. The molecule has 1 unspecified atom stereocenters. The Kier molecular flexibility index (Phi) is 8.63. The highest BCUT2D eigenvalue weighted by Gasteiger charge is 2.15. The molecular formula is C24H30N6O4S. The van der Waals surface area contributed by atoms with Crippen LogP contribution in [0.2, 0.25) is 0 Å². The Morgan fingerprint density at radius 2 is 1.69 bits per heavy atom. The lowest BCUT2D eigenvalue weighted by Crippen LogP contribution is -2.27. The number of nitrogen functional groups attached to an aromatic ring is 1. The SMILES string of the molecule is CN(C)C(=O)Nc1ccc(S(=O)(=O)Nc2ccc(CCNCC(O)c3ccc(N)nc3)cc2)cc1. The van der Waals surface area contributed by atoms with Gasteiger partial charge in [0.2, 0.25) is 0 Å². The highest BCUT2D eigenvalue weighted by Crippen LogP contribution is 2.19. The van der Waals surface area contributed by atoms with E-state index in [9.17, 15) is 18.3 Å². The first-order chi connectivity index (χ1) is 16.6. The molecule has 1 heterocycles. The molecule has 35 heavy (non-hydrogen) atoms. The van der Waals surface area contributed by atoms with Crippen LogP contribution in [-0.4, -0.2) is 56.6 Å². The number of rotatable bonds is 10. The highest BCUT2D eigenvalue weighted by molar-refractivity contribution is 7.92. The third-order valence-corrected chi connectivity index (χ3v) is 6.55. The zero-order chi connectivity index (χ0) is 25.4. The molecule has 0 aliphatic carbocycles. The number of amides is 2. The van der Waals surface area contributed by atoms with Gasteiger partial charge in [0, 0.05) is 43.8 Å². The zero-order valence-corrected chi connectivity index (χ0v) is 20.4. The first-order valence-electron chi connectivity index (χ1n) is 10.9. The number of nitrogens with zero attached hydrogens (tertiary/aromatic N) is 2. The van der Waals surface area contributed by atoms with E-state index in [4.69, 9.17) is 5.73 Å². The van der Waals surface area contributed by atoms with Gasteiger partial charge in [-0.3, -0.25) is 4.72 Å². The van der Waals surface area contributed by atoms with Gasteiger partial charge in [-0.15, -0.1) is 0 Å². The number of nitrogens with two attached hydrogens (primary N) is 1. The summed E-state index contributed by atoms with van der Waals surface area (Å²) in [7, 11) is -0.541. The number of carbonyl (C=O) groups is 1. The normalized spacial score (nSPS) is 12.1. The summed E-state index contributed by atoms with van der Waals surface area (Å²) in [6, 6.07) is 16.1. The monoisotopic (exact) mass is 498 g/mol. The van der Waals surface area contributed by atoms with Gasteiger partial charge >= 0.3 is 6.03 Å². The molecule has 1 aromatic heterocycles. The van der Waals surface area contributed by atoms with E-state index in [1.165, 1.54) is 29.2 Å². The van der Waals surface area contributed by atoms with Crippen LogP contribution in [0.3, 0.4) is 0 Å². The van der Waals surface area contributed by atoms with Crippen molar-refractivity contribution in [3.05, 3.63) is 78.0 Å². The molecule has 0 aliphatic heterocycles. The second-order valence-corrected chi connectivity index (χ2v) is 9.82.